The summed E-state index contributed by atoms with van der Waals surface area (Å²) in [6.45, 7) is 0. The van der Waals surface area contributed by atoms with Crippen LogP contribution in [-0.4, -0.2) is 9.29 Å². The molecule has 0 fully saturated rings. The molecule has 0 saturated heterocycles. The topological polar surface area (TPSA) is 34.1 Å². The van der Waals surface area contributed by atoms with Crippen LogP contribution in [0, 0.1) is 0 Å². The van der Waals surface area contributed by atoms with E-state index in [2.05, 4.69) is 0 Å². The summed E-state index contributed by atoms with van der Waals surface area (Å²) in [6.07, 6.45) is 0. The molecule has 0 aromatic carbocycles. The van der Waals surface area contributed by atoms with Crippen molar-refractivity contribution in [1.82, 2.24) is 0 Å². The molecule has 0 rings (SSSR count). The summed E-state index contributed by atoms with van der Waals surface area (Å²) in [7, 11) is -1.42. The minimum atomic E-state index is -1.42. The van der Waals surface area contributed by atoms with Crippen LogP contribution in [0.5, 0.6) is 0 Å². The van der Waals surface area contributed by atoms with E-state index < -0.39 is 9.29 Å². The Morgan fingerprint density at radius 3 is 1.25 bits per heavy atom. The molecule has 0 unspecified atom stereocenters. The average Bonchev–Trinajstić information content (AvgIpc) is 0.918. The molecule has 0 aromatic heterocycles. The van der Waals surface area contributed by atoms with Gasteiger partial charge in [0.2, 0.25) is 0 Å². The summed E-state index contributed by atoms with van der Waals surface area (Å²) < 4.78 is 16.8. The maximum atomic E-state index is 8.40. The van der Waals surface area contributed by atoms with Gasteiger partial charge >= 0.3 is 9.29 Å². The van der Waals surface area contributed by atoms with Crippen LogP contribution in [0.1, 0.15) is 0 Å². The van der Waals surface area contributed by atoms with Gasteiger partial charge in [-0.3, -0.25) is 8.92 Å². The molecule has 4 heavy (non-hydrogen) atoms. The molecule has 0 amide bonds. The number of hydrogen-bond donors (Lipinski definition) is 0. The van der Waals surface area contributed by atoms with Crippen molar-refractivity contribution in [3.63, 3.8) is 0 Å². The SMILES string of the molecule is O=[Si]=O.[V]. The third-order valence-corrected chi connectivity index (χ3v) is 0. The molecule has 0 bridgehead atoms. The predicted molar refractivity (Wildman–Crippen MR) is 7.13 cm³/mol. The van der Waals surface area contributed by atoms with Gasteiger partial charge in [-0.25, -0.2) is 0 Å². The van der Waals surface area contributed by atoms with Gasteiger partial charge in [-0.15, -0.1) is 0 Å². The van der Waals surface area contributed by atoms with Crippen LogP contribution in [0.3, 0.4) is 0 Å². The molecule has 0 heterocycles. The van der Waals surface area contributed by atoms with Crippen LogP contribution >= 0.6 is 0 Å². The summed E-state index contributed by atoms with van der Waals surface area (Å²) in [5.74, 6) is 0. The molecular weight excluding hydrogens is 111 g/mol. The maximum absolute atomic E-state index is 8.40. The van der Waals surface area contributed by atoms with Gasteiger partial charge in [0.05, 0.1) is 0 Å². The van der Waals surface area contributed by atoms with E-state index >= 15 is 0 Å². The summed E-state index contributed by atoms with van der Waals surface area (Å²) in [5, 5.41) is 0. The van der Waals surface area contributed by atoms with Gasteiger partial charge in [0.25, 0.3) is 0 Å². The third-order valence-electron chi connectivity index (χ3n) is 0. The molecule has 0 aliphatic rings. The molecular formula is O2SiV. The van der Waals surface area contributed by atoms with Crippen molar-refractivity contribution in [2.75, 3.05) is 0 Å². The van der Waals surface area contributed by atoms with Crippen LogP contribution in [0.25, 0.3) is 0 Å². The van der Waals surface area contributed by atoms with Crippen molar-refractivity contribution in [1.29, 1.82) is 0 Å². The smallest absolute Gasteiger partial charge is 0.274 e. The Labute approximate surface area is 37.4 Å². The van der Waals surface area contributed by atoms with Crippen LogP contribution in [0.15, 0.2) is 0 Å². The average molecular weight is 111 g/mol. The molecule has 2 nitrogen and oxygen atoms in total. The van der Waals surface area contributed by atoms with E-state index in [1.54, 1.807) is 0 Å². The fourth-order valence-corrected chi connectivity index (χ4v) is 0. The Morgan fingerprint density at radius 2 is 1.25 bits per heavy atom. The van der Waals surface area contributed by atoms with Crippen molar-refractivity contribution >= 4 is 9.29 Å². The normalized spacial score (nSPS) is 2.00. The van der Waals surface area contributed by atoms with Gasteiger partial charge < -0.3 is 0 Å². The van der Waals surface area contributed by atoms with Gasteiger partial charge in [0, 0.05) is 18.6 Å². The van der Waals surface area contributed by atoms with Crippen molar-refractivity contribution in [2.24, 2.45) is 0 Å². The second kappa shape index (κ2) is 9.99. The molecule has 0 aliphatic heterocycles. The molecule has 0 aromatic rings. The second-order valence-electron chi connectivity index (χ2n) is 0.0833. The molecule has 21 valence electrons. The molecule has 0 aliphatic carbocycles. The Kier molecular flexibility index (Phi) is 22.0. The summed E-state index contributed by atoms with van der Waals surface area (Å²) >= 11 is 0. The zero-order valence-corrected chi connectivity index (χ0v) is 4.16. The minimum absolute atomic E-state index is 0. The van der Waals surface area contributed by atoms with Gasteiger partial charge in [-0.2, -0.15) is 0 Å². The number of hydrogen-bond acceptors (Lipinski definition) is 2. The Balaban J connectivity index is 0. The molecule has 4 heteroatoms. The zero-order valence-electron chi connectivity index (χ0n) is 1.76. The fourth-order valence-electron chi connectivity index (χ4n) is 0. The van der Waals surface area contributed by atoms with Crippen molar-refractivity contribution < 1.29 is 27.5 Å². The Bertz CT molecular complexity index is 27.0. The van der Waals surface area contributed by atoms with Crippen LogP contribution < -0.4 is 0 Å². The first-order chi connectivity index (χ1) is 1.41. The van der Waals surface area contributed by atoms with Crippen molar-refractivity contribution in [3.05, 3.63) is 0 Å². The first kappa shape index (κ1) is 8.83. The molecule has 0 saturated carbocycles. The first-order valence-corrected chi connectivity index (χ1v) is 1.22. The standard InChI is InChI=1S/O2Si.V/c1-3-2;. The predicted octanol–water partition coefficient (Wildman–Crippen LogP) is -0.621. The first-order valence-electron chi connectivity index (χ1n) is 0.408. The summed E-state index contributed by atoms with van der Waals surface area (Å²) in [5.41, 5.74) is 0. The fraction of sp³-hybridized carbons (Fsp3) is 0. The molecule has 0 spiro atoms. The monoisotopic (exact) mass is 111 g/mol. The third kappa shape index (κ3) is 29.3. The molecule has 0 N–H and O–H groups in total. The van der Waals surface area contributed by atoms with E-state index in [0.29, 0.717) is 0 Å². The van der Waals surface area contributed by atoms with Crippen molar-refractivity contribution in [2.45, 2.75) is 0 Å². The van der Waals surface area contributed by atoms with Gasteiger partial charge in [-0.05, 0) is 0 Å². The zero-order chi connectivity index (χ0) is 2.71. The second-order valence-corrected chi connectivity index (χ2v) is 0.250. The van der Waals surface area contributed by atoms with Crippen LogP contribution in [-0.2, 0) is 27.5 Å². The van der Waals surface area contributed by atoms with Gasteiger partial charge in [0.15, 0.2) is 0 Å². The van der Waals surface area contributed by atoms with Crippen LogP contribution in [0.2, 0.25) is 0 Å². The number of rotatable bonds is 0. The van der Waals surface area contributed by atoms with E-state index in [-0.39, 0.29) is 18.6 Å². The van der Waals surface area contributed by atoms with Gasteiger partial charge in [-0.1, -0.05) is 0 Å². The van der Waals surface area contributed by atoms with E-state index in [1.165, 1.54) is 0 Å². The molecule has 0 atom stereocenters. The quantitative estimate of drug-likeness (QED) is 0.390. The van der Waals surface area contributed by atoms with Crippen molar-refractivity contribution in [3.8, 4) is 0 Å². The van der Waals surface area contributed by atoms with E-state index in [0.717, 1.165) is 0 Å². The van der Waals surface area contributed by atoms with Gasteiger partial charge in [0.1, 0.15) is 0 Å². The van der Waals surface area contributed by atoms with E-state index in [9.17, 15) is 0 Å². The summed E-state index contributed by atoms with van der Waals surface area (Å²) in [4.78, 5) is 0. The van der Waals surface area contributed by atoms with E-state index in [1.807, 2.05) is 0 Å². The van der Waals surface area contributed by atoms with E-state index in [4.69, 9.17) is 8.92 Å². The maximum Gasteiger partial charge on any atom is 0.549 e. The summed E-state index contributed by atoms with van der Waals surface area (Å²) in [6, 6.07) is 0. The largest absolute Gasteiger partial charge is 0.549 e. The molecule has 1 radical (unpaired) electrons. The van der Waals surface area contributed by atoms with Crippen LogP contribution in [0.4, 0.5) is 0 Å². The Morgan fingerprint density at radius 1 is 1.25 bits per heavy atom. The minimum Gasteiger partial charge on any atom is -0.274 e. The Hall–Kier alpha value is 0.401.